The van der Waals surface area contributed by atoms with Gasteiger partial charge in [0.05, 0.1) is 5.75 Å². The zero-order valence-electron chi connectivity index (χ0n) is 11.3. The van der Waals surface area contributed by atoms with E-state index in [0.717, 1.165) is 17.9 Å². The molecule has 21 heavy (non-hydrogen) atoms. The molecule has 110 valence electrons. The highest BCUT2D eigenvalue weighted by molar-refractivity contribution is 8.00. The standard InChI is InChI=1S/C15H15FN2OS2/c16-11-1-2-14(12(17)7-11)21-9-15(19)18-5-3-13-10(8-18)4-6-20-13/h1-2,4,6-7H,3,5,8-9,17H2. The van der Waals surface area contributed by atoms with Gasteiger partial charge >= 0.3 is 0 Å². The number of thioether (sulfide) groups is 1. The van der Waals surface area contributed by atoms with Crippen LogP contribution in [0.25, 0.3) is 0 Å². The lowest BCUT2D eigenvalue weighted by molar-refractivity contribution is -0.129. The summed E-state index contributed by atoms with van der Waals surface area (Å²) in [5.74, 6) is 0.0692. The molecule has 1 aliphatic heterocycles. The Hall–Kier alpha value is -1.53. The molecular formula is C15H15FN2OS2. The smallest absolute Gasteiger partial charge is 0.233 e. The summed E-state index contributed by atoms with van der Waals surface area (Å²) in [6, 6.07) is 6.35. The number of benzene rings is 1. The first-order chi connectivity index (χ1) is 10.1. The van der Waals surface area contributed by atoms with Gasteiger partial charge in [-0.05, 0) is 41.6 Å². The van der Waals surface area contributed by atoms with Crippen LogP contribution in [-0.2, 0) is 17.8 Å². The van der Waals surface area contributed by atoms with Crippen LogP contribution >= 0.6 is 23.1 Å². The molecule has 2 heterocycles. The lowest BCUT2D eigenvalue weighted by Gasteiger charge is -2.27. The number of hydrogen-bond donors (Lipinski definition) is 1. The quantitative estimate of drug-likeness (QED) is 0.697. The van der Waals surface area contributed by atoms with Gasteiger partial charge in [-0.3, -0.25) is 4.79 Å². The summed E-state index contributed by atoms with van der Waals surface area (Å²) in [6.45, 7) is 1.46. The van der Waals surface area contributed by atoms with Gasteiger partial charge in [-0.1, -0.05) is 0 Å². The number of fused-ring (bicyclic) bond motifs is 1. The van der Waals surface area contributed by atoms with Crippen LogP contribution in [0.2, 0.25) is 0 Å². The molecule has 1 aromatic carbocycles. The van der Waals surface area contributed by atoms with Crippen molar-refractivity contribution in [3.05, 3.63) is 45.9 Å². The number of nitrogens with two attached hydrogens (primary N) is 1. The third-order valence-electron chi connectivity index (χ3n) is 3.48. The number of hydrogen-bond acceptors (Lipinski definition) is 4. The summed E-state index contributed by atoms with van der Waals surface area (Å²) in [6.07, 6.45) is 0.933. The van der Waals surface area contributed by atoms with Gasteiger partial charge in [-0.15, -0.1) is 23.1 Å². The number of rotatable bonds is 3. The van der Waals surface area contributed by atoms with Gasteiger partial charge in [0.25, 0.3) is 0 Å². The Balaban J connectivity index is 1.60. The highest BCUT2D eigenvalue weighted by atomic mass is 32.2. The van der Waals surface area contributed by atoms with Gasteiger partial charge in [-0.25, -0.2) is 4.39 Å². The van der Waals surface area contributed by atoms with E-state index >= 15 is 0 Å². The molecule has 3 rings (SSSR count). The zero-order chi connectivity index (χ0) is 14.8. The zero-order valence-corrected chi connectivity index (χ0v) is 13.0. The van der Waals surface area contributed by atoms with Gasteiger partial charge in [0, 0.05) is 28.5 Å². The molecule has 3 nitrogen and oxygen atoms in total. The maximum atomic E-state index is 13.0. The first kappa shape index (κ1) is 14.4. The number of nitrogens with zero attached hydrogens (tertiary/aromatic N) is 1. The maximum Gasteiger partial charge on any atom is 0.233 e. The van der Waals surface area contributed by atoms with Crippen LogP contribution < -0.4 is 5.73 Å². The Morgan fingerprint density at radius 1 is 1.43 bits per heavy atom. The fourth-order valence-electron chi connectivity index (χ4n) is 2.34. The Morgan fingerprint density at radius 2 is 2.29 bits per heavy atom. The van der Waals surface area contributed by atoms with Crippen molar-refractivity contribution in [3.63, 3.8) is 0 Å². The minimum atomic E-state index is -0.357. The van der Waals surface area contributed by atoms with Crippen molar-refractivity contribution >= 4 is 34.7 Å². The molecule has 1 amide bonds. The Labute approximate surface area is 130 Å². The van der Waals surface area contributed by atoms with Crippen molar-refractivity contribution < 1.29 is 9.18 Å². The minimum Gasteiger partial charge on any atom is -0.398 e. The number of amides is 1. The van der Waals surface area contributed by atoms with Crippen molar-refractivity contribution in [1.82, 2.24) is 4.90 Å². The monoisotopic (exact) mass is 322 g/mol. The summed E-state index contributed by atoms with van der Waals surface area (Å²) in [5.41, 5.74) is 7.39. The molecule has 1 aliphatic rings. The minimum absolute atomic E-state index is 0.0978. The predicted octanol–water partition coefficient (Wildman–Crippen LogP) is 3.15. The summed E-state index contributed by atoms with van der Waals surface area (Å²) < 4.78 is 13.0. The van der Waals surface area contributed by atoms with E-state index in [1.165, 1.54) is 34.3 Å². The Morgan fingerprint density at radius 3 is 3.10 bits per heavy atom. The molecule has 0 aliphatic carbocycles. The number of thiophene rings is 1. The van der Waals surface area contributed by atoms with Gasteiger partial charge in [0.1, 0.15) is 5.82 Å². The number of nitrogen functional groups attached to an aromatic ring is 1. The van der Waals surface area contributed by atoms with E-state index in [-0.39, 0.29) is 11.7 Å². The molecular weight excluding hydrogens is 307 g/mol. The van der Waals surface area contributed by atoms with E-state index in [2.05, 4.69) is 11.4 Å². The molecule has 0 saturated carbocycles. The van der Waals surface area contributed by atoms with Crippen molar-refractivity contribution in [3.8, 4) is 0 Å². The van der Waals surface area contributed by atoms with Crippen LogP contribution in [0.5, 0.6) is 0 Å². The van der Waals surface area contributed by atoms with E-state index < -0.39 is 0 Å². The van der Waals surface area contributed by atoms with Crippen molar-refractivity contribution in [2.24, 2.45) is 0 Å². The van der Waals surface area contributed by atoms with E-state index in [0.29, 0.717) is 18.0 Å². The second-order valence-electron chi connectivity index (χ2n) is 4.91. The Bertz CT molecular complexity index is 671. The van der Waals surface area contributed by atoms with Gasteiger partial charge in [-0.2, -0.15) is 0 Å². The van der Waals surface area contributed by atoms with Crippen LogP contribution in [0.4, 0.5) is 10.1 Å². The van der Waals surface area contributed by atoms with Crippen LogP contribution in [0.1, 0.15) is 10.4 Å². The van der Waals surface area contributed by atoms with Gasteiger partial charge in [0.15, 0.2) is 0 Å². The van der Waals surface area contributed by atoms with E-state index in [9.17, 15) is 9.18 Å². The second-order valence-corrected chi connectivity index (χ2v) is 6.92. The molecule has 2 aromatic rings. The number of carbonyl (C=O) groups excluding carboxylic acids is 1. The van der Waals surface area contributed by atoms with Crippen molar-refractivity contribution in [2.75, 3.05) is 18.0 Å². The van der Waals surface area contributed by atoms with E-state index in [4.69, 9.17) is 5.73 Å². The summed E-state index contributed by atoms with van der Waals surface area (Å²) in [7, 11) is 0. The van der Waals surface area contributed by atoms with Crippen LogP contribution in [-0.4, -0.2) is 23.1 Å². The molecule has 0 unspecified atom stereocenters. The number of carbonyl (C=O) groups is 1. The topological polar surface area (TPSA) is 46.3 Å². The molecule has 0 atom stereocenters. The Kier molecular flexibility index (Phi) is 4.17. The fraction of sp³-hybridized carbons (Fsp3) is 0.267. The van der Waals surface area contributed by atoms with E-state index in [1.54, 1.807) is 17.4 Å². The summed E-state index contributed by atoms with van der Waals surface area (Å²) >= 11 is 3.12. The normalized spacial score (nSPS) is 14.0. The predicted molar refractivity (Wildman–Crippen MR) is 85.0 cm³/mol. The average molecular weight is 322 g/mol. The lowest BCUT2D eigenvalue weighted by Crippen LogP contribution is -2.36. The molecule has 6 heteroatoms. The fourth-order valence-corrected chi connectivity index (χ4v) is 4.08. The molecule has 0 saturated heterocycles. The van der Waals surface area contributed by atoms with Crippen molar-refractivity contribution in [1.29, 1.82) is 0 Å². The lowest BCUT2D eigenvalue weighted by atomic mass is 10.1. The molecule has 0 bridgehead atoms. The first-order valence-electron chi connectivity index (χ1n) is 6.64. The SMILES string of the molecule is Nc1cc(F)ccc1SCC(=O)N1CCc2sccc2C1. The summed E-state index contributed by atoms with van der Waals surface area (Å²) in [5, 5.41) is 2.08. The van der Waals surface area contributed by atoms with Crippen LogP contribution in [0.3, 0.4) is 0 Å². The third-order valence-corrected chi connectivity index (χ3v) is 5.58. The van der Waals surface area contributed by atoms with Crippen molar-refractivity contribution in [2.45, 2.75) is 17.9 Å². The molecule has 0 radical (unpaired) electrons. The summed E-state index contributed by atoms with van der Waals surface area (Å²) in [4.78, 5) is 16.3. The van der Waals surface area contributed by atoms with Gasteiger partial charge < -0.3 is 10.6 Å². The number of anilines is 1. The second kappa shape index (κ2) is 6.07. The molecule has 1 aromatic heterocycles. The van der Waals surface area contributed by atoms with E-state index in [1.807, 2.05) is 4.90 Å². The van der Waals surface area contributed by atoms with Gasteiger partial charge in [0.2, 0.25) is 5.91 Å². The third kappa shape index (κ3) is 3.22. The first-order valence-corrected chi connectivity index (χ1v) is 8.51. The highest BCUT2D eigenvalue weighted by Gasteiger charge is 2.21. The number of halogens is 1. The molecule has 0 fully saturated rings. The molecule has 0 spiro atoms. The maximum absolute atomic E-state index is 13.0. The largest absolute Gasteiger partial charge is 0.398 e. The molecule has 2 N–H and O–H groups in total. The van der Waals surface area contributed by atoms with Crippen LogP contribution in [0.15, 0.2) is 34.5 Å². The average Bonchev–Trinajstić information content (AvgIpc) is 2.93. The highest BCUT2D eigenvalue weighted by Crippen LogP contribution is 2.28. The van der Waals surface area contributed by atoms with Crippen LogP contribution in [0, 0.1) is 5.82 Å².